The number of hydrogen-bond donors (Lipinski definition) is 1. The summed E-state index contributed by atoms with van der Waals surface area (Å²) in [5, 5.41) is 3.15. The van der Waals surface area contributed by atoms with Crippen LogP contribution in [0.3, 0.4) is 0 Å². The summed E-state index contributed by atoms with van der Waals surface area (Å²) in [6.45, 7) is 5.39. The highest BCUT2D eigenvalue weighted by atomic mass is 16.5. The molecule has 0 bridgehead atoms. The molecule has 0 radical (unpaired) electrons. The van der Waals surface area contributed by atoms with Gasteiger partial charge in [-0.25, -0.2) is 0 Å². The van der Waals surface area contributed by atoms with Crippen molar-refractivity contribution >= 4 is 0 Å². The van der Waals surface area contributed by atoms with E-state index in [-0.39, 0.29) is 0 Å². The molecule has 0 aromatic heterocycles. The van der Waals surface area contributed by atoms with Gasteiger partial charge in [0.2, 0.25) is 0 Å². The van der Waals surface area contributed by atoms with E-state index in [2.05, 4.69) is 24.2 Å². The van der Waals surface area contributed by atoms with Gasteiger partial charge in [-0.2, -0.15) is 0 Å². The van der Waals surface area contributed by atoms with E-state index in [1.54, 1.807) is 0 Å². The molecule has 1 rings (SSSR count). The van der Waals surface area contributed by atoms with Crippen molar-refractivity contribution in [2.45, 2.75) is 32.0 Å². The first kappa shape index (κ1) is 11.0. The number of ether oxygens (including phenoxy) is 1. The van der Waals surface area contributed by atoms with E-state index in [0.717, 1.165) is 19.6 Å². The summed E-state index contributed by atoms with van der Waals surface area (Å²) in [6, 6.07) is 0. The molecule has 1 aliphatic rings. The van der Waals surface area contributed by atoms with Crippen LogP contribution in [-0.4, -0.2) is 50.8 Å². The van der Waals surface area contributed by atoms with Crippen LogP contribution in [0.25, 0.3) is 0 Å². The fourth-order valence-corrected chi connectivity index (χ4v) is 1.76. The first-order valence-electron chi connectivity index (χ1n) is 5.21. The number of nitrogens with zero attached hydrogens (tertiary/aromatic N) is 1. The second kappa shape index (κ2) is 5.58. The average Bonchev–Trinajstić information content (AvgIpc) is 2.48. The Kier molecular flexibility index (Phi) is 4.70. The largest absolute Gasteiger partial charge is 0.374 e. The second-order valence-corrected chi connectivity index (χ2v) is 4.01. The van der Waals surface area contributed by atoms with Gasteiger partial charge in [-0.05, 0) is 33.9 Å². The molecule has 0 aliphatic carbocycles. The number of rotatable bonds is 5. The Morgan fingerprint density at radius 1 is 1.46 bits per heavy atom. The predicted molar refractivity (Wildman–Crippen MR) is 55.0 cm³/mol. The van der Waals surface area contributed by atoms with Crippen LogP contribution in [0.1, 0.15) is 19.8 Å². The van der Waals surface area contributed by atoms with Gasteiger partial charge in [-0.15, -0.1) is 0 Å². The maximum absolute atomic E-state index is 5.75. The van der Waals surface area contributed by atoms with E-state index >= 15 is 0 Å². The zero-order valence-electron chi connectivity index (χ0n) is 9.05. The van der Waals surface area contributed by atoms with Gasteiger partial charge in [0.05, 0.1) is 12.2 Å². The molecule has 0 spiro atoms. The van der Waals surface area contributed by atoms with Crippen molar-refractivity contribution in [2.75, 3.05) is 33.7 Å². The third-order valence-corrected chi connectivity index (χ3v) is 2.58. The van der Waals surface area contributed by atoms with Crippen LogP contribution in [0.15, 0.2) is 0 Å². The smallest absolute Gasteiger partial charge is 0.0706 e. The van der Waals surface area contributed by atoms with Crippen molar-refractivity contribution in [3.63, 3.8) is 0 Å². The molecule has 1 heterocycles. The van der Waals surface area contributed by atoms with Crippen LogP contribution in [0, 0.1) is 0 Å². The van der Waals surface area contributed by atoms with Gasteiger partial charge in [-0.1, -0.05) is 0 Å². The minimum atomic E-state index is 0.469. The quantitative estimate of drug-likeness (QED) is 0.684. The first-order chi connectivity index (χ1) is 6.22. The van der Waals surface area contributed by atoms with Gasteiger partial charge < -0.3 is 15.0 Å². The van der Waals surface area contributed by atoms with Crippen LogP contribution in [-0.2, 0) is 4.74 Å². The first-order valence-corrected chi connectivity index (χ1v) is 5.21. The third kappa shape index (κ3) is 4.07. The molecule has 2 atom stereocenters. The van der Waals surface area contributed by atoms with Crippen LogP contribution in [0.4, 0.5) is 0 Å². The molecule has 3 heteroatoms. The lowest BCUT2D eigenvalue weighted by molar-refractivity contribution is 0.0368. The molecule has 0 aromatic rings. The van der Waals surface area contributed by atoms with Crippen LogP contribution < -0.4 is 5.32 Å². The number of likely N-dealkylation sites (N-methyl/N-ethyl adjacent to an activating group) is 2. The van der Waals surface area contributed by atoms with Crippen LogP contribution in [0.5, 0.6) is 0 Å². The highest BCUT2D eigenvalue weighted by Gasteiger charge is 2.22. The number of nitrogens with one attached hydrogen (secondary N) is 1. The van der Waals surface area contributed by atoms with E-state index in [0.29, 0.717) is 12.2 Å². The van der Waals surface area contributed by atoms with Crippen molar-refractivity contribution < 1.29 is 4.74 Å². The molecule has 13 heavy (non-hydrogen) atoms. The van der Waals surface area contributed by atoms with Gasteiger partial charge in [0.1, 0.15) is 0 Å². The maximum Gasteiger partial charge on any atom is 0.0706 e. The van der Waals surface area contributed by atoms with Gasteiger partial charge >= 0.3 is 0 Å². The summed E-state index contributed by atoms with van der Waals surface area (Å²) in [5.74, 6) is 0. The molecule has 1 saturated heterocycles. The van der Waals surface area contributed by atoms with Crippen molar-refractivity contribution in [3.05, 3.63) is 0 Å². The zero-order valence-corrected chi connectivity index (χ0v) is 9.05. The lowest BCUT2D eigenvalue weighted by Gasteiger charge is -2.20. The van der Waals surface area contributed by atoms with Gasteiger partial charge in [0.25, 0.3) is 0 Å². The Morgan fingerprint density at radius 2 is 2.23 bits per heavy atom. The van der Waals surface area contributed by atoms with Crippen molar-refractivity contribution in [1.82, 2.24) is 10.2 Å². The standard InChI is InChI=1S/C10H22N2O/c1-9-4-5-10(13-9)8-12(3)7-6-11-2/h9-11H,4-8H2,1-3H3. The van der Waals surface area contributed by atoms with Gasteiger partial charge in [0.15, 0.2) is 0 Å². The minimum Gasteiger partial charge on any atom is -0.374 e. The molecule has 78 valence electrons. The molecular weight excluding hydrogens is 164 g/mol. The molecule has 1 aliphatic heterocycles. The Morgan fingerprint density at radius 3 is 2.77 bits per heavy atom. The molecule has 0 saturated carbocycles. The SMILES string of the molecule is CNCCN(C)CC1CCC(C)O1. The van der Waals surface area contributed by atoms with Crippen LogP contribution in [0.2, 0.25) is 0 Å². The Hall–Kier alpha value is -0.120. The highest BCUT2D eigenvalue weighted by molar-refractivity contribution is 4.73. The molecular formula is C10H22N2O. The fraction of sp³-hybridized carbons (Fsp3) is 1.00. The maximum atomic E-state index is 5.75. The normalized spacial score (nSPS) is 28.6. The van der Waals surface area contributed by atoms with E-state index < -0.39 is 0 Å². The molecule has 3 nitrogen and oxygen atoms in total. The lowest BCUT2D eigenvalue weighted by Crippen LogP contribution is -2.33. The fourth-order valence-electron chi connectivity index (χ4n) is 1.76. The molecule has 1 fully saturated rings. The summed E-state index contributed by atoms with van der Waals surface area (Å²) >= 11 is 0. The predicted octanol–water partition coefficient (Wildman–Crippen LogP) is 0.705. The van der Waals surface area contributed by atoms with Gasteiger partial charge in [-0.3, -0.25) is 0 Å². The monoisotopic (exact) mass is 186 g/mol. The summed E-state index contributed by atoms with van der Waals surface area (Å²) < 4.78 is 5.75. The Balaban J connectivity index is 2.09. The van der Waals surface area contributed by atoms with E-state index in [4.69, 9.17) is 4.74 Å². The summed E-state index contributed by atoms with van der Waals surface area (Å²) in [4.78, 5) is 2.33. The highest BCUT2D eigenvalue weighted by Crippen LogP contribution is 2.19. The third-order valence-electron chi connectivity index (χ3n) is 2.58. The van der Waals surface area contributed by atoms with E-state index in [9.17, 15) is 0 Å². The van der Waals surface area contributed by atoms with Crippen molar-refractivity contribution in [3.8, 4) is 0 Å². The summed E-state index contributed by atoms with van der Waals surface area (Å²) in [7, 11) is 4.14. The van der Waals surface area contributed by atoms with Crippen molar-refractivity contribution in [1.29, 1.82) is 0 Å². The molecule has 0 aromatic carbocycles. The average molecular weight is 186 g/mol. The molecule has 0 amide bonds. The summed E-state index contributed by atoms with van der Waals surface area (Å²) in [6.07, 6.45) is 3.40. The number of hydrogen-bond acceptors (Lipinski definition) is 3. The van der Waals surface area contributed by atoms with Crippen molar-refractivity contribution in [2.24, 2.45) is 0 Å². The second-order valence-electron chi connectivity index (χ2n) is 4.01. The van der Waals surface area contributed by atoms with Crippen LogP contribution >= 0.6 is 0 Å². The Bertz CT molecular complexity index is 141. The molecule has 2 unspecified atom stereocenters. The van der Waals surface area contributed by atoms with E-state index in [1.807, 2.05) is 7.05 Å². The molecule has 1 N–H and O–H groups in total. The summed E-state index contributed by atoms with van der Waals surface area (Å²) in [5.41, 5.74) is 0. The topological polar surface area (TPSA) is 24.5 Å². The lowest BCUT2D eigenvalue weighted by atomic mass is 10.2. The zero-order chi connectivity index (χ0) is 9.68. The van der Waals surface area contributed by atoms with E-state index in [1.165, 1.54) is 12.8 Å². The Labute approximate surface area is 81.4 Å². The minimum absolute atomic E-state index is 0.469. The van der Waals surface area contributed by atoms with Gasteiger partial charge in [0, 0.05) is 19.6 Å².